The van der Waals surface area contributed by atoms with Gasteiger partial charge in [0.05, 0.1) is 34.1 Å². The average Bonchev–Trinajstić information content (AvgIpc) is 3.65. The van der Waals surface area contributed by atoms with E-state index in [1.807, 2.05) is 50.4 Å². The normalized spacial score (nSPS) is 15.2. The molecule has 10 heteroatoms. The maximum Gasteiger partial charge on any atom is 0.338 e. The van der Waals surface area contributed by atoms with Crippen LogP contribution in [0.1, 0.15) is 60.3 Å². The van der Waals surface area contributed by atoms with Gasteiger partial charge in [-0.1, -0.05) is 23.5 Å². The number of aryl methyl sites for hydroxylation is 1. The Balaban J connectivity index is 1.52. The number of furan rings is 1. The number of thiophene rings is 1. The lowest BCUT2D eigenvalue weighted by Gasteiger charge is -2.23. The molecule has 5 rings (SSSR count). The van der Waals surface area contributed by atoms with Crippen molar-refractivity contribution in [2.75, 3.05) is 6.61 Å². The van der Waals surface area contributed by atoms with E-state index in [4.69, 9.17) is 13.9 Å². The summed E-state index contributed by atoms with van der Waals surface area (Å²) in [6, 6.07) is 12.1. The zero-order valence-electron chi connectivity index (χ0n) is 22.7. The number of esters is 2. The smallest absolute Gasteiger partial charge is 0.338 e. The van der Waals surface area contributed by atoms with E-state index in [2.05, 4.69) is 4.99 Å². The van der Waals surface area contributed by atoms with E-state index in [0.29, 0.717) is 37.7 Å². The predicted molar refractivity (Wildman–Crippen MR) is 154 cm³/mol. The summed E-state index contributed by atoms with van der Waals surface area (Å²) in [5.74, 6) is 0.252. The van der Waals surface area contributed by atoms with Crippen LogP contribution in [0.4, 0.5) is 0 Å². The van der Waals surface area contributed by atoms with Crippen molar-refractivity contribution in [2.24, 2.45) is 4.99 Å². The molecule has 0 saturated carbocycles. The first-order valence-electron chi connectivity index (χ1n) is 12.8. The van der Waals surface area contributed by atoms with Crippen LogP contribution in [-0.4, -0.2) is 29.2 Å². The number of fused-ring (bicyclic) bond motifs is 1. The molecular formula is C30H28N2O6S2. The third kappa shape index (κ3) is 5.24. The number of allylic oxidation sites excluding steroid dienone is 1. The number of hydrogen-bond acceptors (Lipinski definition) is 9. The molecule has 40 heavy (non-hydrogen) atoms. The van der Waals surface area contributed by atoms with Crippen LogP contribution in [-0.2, 0) is 14.3 Å². The Kier molecular flexibility index (Phi) is 7.73. The third-order valence-corrected chi connectivity index (χ3v) is 8.21. The molecule has 8 nitrogen and oxygen atoms in total. The first-order chi connectivity index (χ1) is 19.2. The summed E-state index contributed by atoms with van der Waals surface area (Å²) in [6.45, 7) is 9.25. The molecule has 0 aliphatic carbocycles. The number of carbonyl (C=O) groups is 2. The summed E-state index contributed by atoms with van der Waals surface area (Å²) in [7, 11) is 0. The molecule has 0 spiro atoms. The molecule has 0 N–H and O–H groups in total. The minimum absolute atomic E-state index is 0.201. The van der Waals surface area contributed by atoms with Gasteiger partial charge in [0.25, 0.3) is 5.56 Å². The maximum absolute atomic E-state index is 13.7. The Morgan fingerprint density at radius 1 is 1.15 bits per heavy atom. The van der Waals surface area contributed by atoms with Gasteiger partial charge in [0.2, 0.25) is 0 Å². The zero-order valence-corrected chi connectivity index (χ0v) is 24.4. The molecule has 206 valence electrons. The van der Waals surface area contributed by atoms with Gasteiger partial charge in [-0.2, -0.15) is 0 Å². The van der Waals surface area contributed by atoms with Crippen LogP contribution >= 0.6 is 22.7 Å². The van der Waals surface area contributed by atoms with E-state index < -0.39 is 12.0 Å². The molecule has 0 fully saturated rings. The highest BCUT2D eigenvalue weighted by molar-refractivity contribution is 7.10. The van der Waals surface area contributed by atoms with Crippen LogP contribution < -0.4 is 14.9 Å². The Bertz CT molecular complexity index is 1800. The molecule has 0 bridgehead atoms. The summed E-state index contributed by atoms with van der Waals surface area (Å²) >= 11 is 2.71. The van der Waals surface area contributed by atoms with Gasteiger partial charge in [-0.15, -0.1) is 11.3 Å². The Morgan fingerprint density at radius 2 is 1.95 bits per heavy atom. The molecule has 0 amide bonds. The minimum atomic E-state index is -0.617. The van der Waals surface area contributed by atoms with Gasteiger partial charge in [-0.3, -0.25) is 9.36 Å². The van der Waals surface area contributed by atoms with Crippen LogP contribution in [0.25, 0.3) is 17.4 Å². The number of carbonyl (C=O) groups excluding carboxylic acids is 2. The van der Waals surface area contributed by atoms with Crippen LogP contribution in [0.15, 0.2) is 73.3 Å². The molecule has 1 aliphatic rings. The van der Waals surface area contributed by atoms with Gasteiger partial charge in [0.1, 0.15) is 17.6 Å². The first kappa shape index (κ1) is 27.5. The fraction of sp³-hybridized carbons (Fsp3) is 0.267. The number of rotatable bonds is 7. The van der Waals surface area contributed by atoms with Crippen molar-refractivity contribution < 1.29 is 23.5 Å². The highest BCUT2D eigenvalue weighted by Gasteiger charge is 2.33. The van der Waals surface area contributed by atoms with E-state index in [1.165, 1.54) is 22.7 Å². The number of thiazole rings is 1. The SMILES string of the molecule is CCOC(=O)C1=C(C)N=c2s/c(=C/c3ccc(-c4ccc(C(=O)OC(C)C)cc4C)o3)c(=O)n2[C@@H]1c1cccs1. The number of nitrogens with zero attached hydrogens (tertiary/aromatic N) is 2. The lowest BCUT2D eigenvalue weighted by molar-refractivity contribution is -0.139. The van der Waals surface area contributed by atoms with E-state index >= 15 is 0 Å². The summed E-state index contributed by atoms with van der Waals surface area (Å²) in [4.78, 5) is 44.8. The lowest BCUT2D eigenvalue weighted by Crippen LogP contribution is -2.39. The lowest BCUT2D eigenvalue weighted by atomic mass is 10.0. The third-order valence-electron chi connectivity index (χ3n) is 6.30. The summed E-state index contributed by atoms with van der Waals surface area (Å²) in [5.41, 5.74) is 2.78. The van der Waals surface area contributed by atoms with Gasteiger partial charge >= 0.3 is 11.9 Å². The second-order valence-corrected chi connectivity index (χ2v) is 11.5. The summed E-state index contributed by atoms with van der Waals surface area (Å²) < 4.78 is 18.7. The molecule has 0 saturated heterocycles. The molecule has 3 aromatic heterocycles. The van der Waals surface area contributed by atoms with Crippen LogP contribution in [0.5, 0.6) is 0 Å². The van der Waals surface area contributed by atoms with Gasteiger partial charge in [-0.25, -0.2) is 14.6 Å². The van der Waals surface area contributed by atoms with Crippen molar-refractivity contribution in [2.45, 2.75) is 46.8 Å². The van der Waals surface area contributed by atoms with Crippen LogP contribution in [0.3, 0.4) is 0 Å². The Morgan fingerprint density at radius 3 is 2.62 bits per heavy atom. The van der Waals surface area contributed by atoms with Crippen molar-refractivity contribution in [3.8, 4) is 11.3 Å². The fourth-order valence-corrected chi connectivity index (χ4v) is 6.41. The van der Waals surface area contributed by atoms with E-state index in [-0.39, 0.29) is 24.2 Å². The second-order valence-electron chi connectivity index (χ2n) is 9.50. The zero-order chi connectivity index (χ0) is 28.6. The van der Waals surface area contributed by atoms with Gasteiger partial charge in [0.15, 0.2) is 4.80 Å². The highest BCUT2D eigenvalue weighted by atomic mass is 32.1. The predicted octanol–water partition coefficient (Wildman–Crippen LogP) is 4.99. The molecule has 1 aliphatic heterocycles. The number of aromatic nitrogens is 1. The average molecular weight is 577 g/mol. The van der Waals surface area contributed by atoms with E-state index in [9.17, 15) is 14.4 Å². The molecule has 1 aromatic carbocycles. The first-order valence-corrected chi connectivity index (χ1v) is 14.5. The van der Waals surface area contributed by atoms with Gasteiger partial charge in [-0.05, 0) is 75.9 Å². The highest BCUT2D eigenvalue weighted by Crippen LogP contribution is 2.33. The van der Waals surface area contributed by atoms with E-state index in [0.717, 1.165) is 16.0 Å². The summed E-state index contributed by atoms with van der Waals surface area (Å²) in [6.07, 6.45) is 1.48. The molecule has 0 unspecified atom stereocenters. The topological polar surface area (TPSA) is 100 Å². The molecule has 0 radical (unpaired) electrons. The standard InChI is InChI=1S/C30H28N2O6S2/c1-6-36-29(35)25-18(5)31-30-32(26(25)23-8-7-13-39-23)27(33)24(40-30)15-20-10-12-22(38-20)21-11-9-19(14-17(21)4)28(34)37-16(2)3/h7-16,26H,6H2,1-5H3/b24-15+/t26-/m1/s1. The number of benzene rings is 1. The molecule has 4 aromatic rings. The Labute approximate surface area is 238 Å². The number of hydrogen-bond donors (Lipinski definition) is 0. The second kappa shape index (κ2) is 11.2. The fourth-order valence-electron chi connectivity index (χ4n) is 4.56. The van der Waals surface area contributed by atoms with Crippen LogP contribution in [0, 0.1) is 6.92 Å². The maximum atomic E-state index is 13.7. The molecular weight excluding hydrogens is 548 g/mol. The minimum Gasteiger partial charge on any atom is -0.463 e. The van der Waals surface area contributed by atoms with Gasteiger partial charge in [0, 0.05) is 16.5 Å². The largest absolute Gasteiger partial charge is 0.463 e. The molecule has 1 atom stereocenters. The van der Waals surface area contributed by atoms with Gasteiger partial charge < -0.3 is 13.9 Å². The van der Waals surface area contributed by atoms with Crippen molar-refractivity contribution in [3.05, 3.63) is 101 Å². The van der Waals surface area contributed by atoms with E-state index in [1.54, 1.807) is 42.7 Å². The van der Waals surface area contributed by atoms with Crippen molar-refractivity contribution in [1.29, 1.82) is 0 Å². The van der Waals surface area contributed by atoms with Crippen molar-refractivity contribution in [3.63, 3.8) is 0 Å². The molecule has 4 heterocycles. The van der Waals surface area contributed by atoms with Crippen molar-refractivity contribution >= 4 is 40.7 Å². The monoisotopic (exact) mass is 576 g/mol. The quantitative estimate of drug-likeness (QED) is 0.287. The Hall–Kier alpha value is -4.02. The number of ether oxygens (including phenoxy) is 2. The van der Waals surface area contributed by atoms with Crippen LogP contribution in [0.2, 0.25) is 0 Å². The summed E-state index contributed by atoms with van der Waals surface area (Å²) in [5, 5.41) is 1.91. The van der Waals surface area contributed by atoms with Crippen molar-refractivity contribution in [1.82, 2.24) is 4.57 Å².